The molecule has 4 nitrogen and oxygen atoms in total. The zero-order valence-electron chi connectivity index (χ0n) is 53.9. The van der Waals surface area contributed by atoms with E-state index in [2.05, 4.69) is 55.6 Å². The van der Waals surface area contributed by atoms with Crippen molar-refractivity contribution in [3.8, 4) is 0 Å². The van der Waals surface area contributed by atoms with Gasteiger partial charge < -0.3 is 15.5 Å². The van der Waals surface area contributed by atoms with E-state index >= 15 is 0 Å². The second-order valence-corrected chi connectivity index (χ2v) is 25.0. The predicted molar refractivity (Wildman–Crippen MR) is 355 cm³/mol. The molecule has 4 heteroatoms. The molecular weight excluding hydrogens is 963 g/mol. The quantitative estimate of drug-likeness (QED) is 0.0420. The highest BCUT2D eigenvalue weighted by atomic mass is 16.3. The third kappa shape index (κ3) is 67.0. The maximum atomic E-state index is 12.5. The van der Waals surface area contributed by atoms with Gasteiger partial charge in [-0.1, -0.05) is 377 Å². The summed E-state index contributed by atoms with van der Waals surface area (Å²) in [6.45, 7) is 4.34. The lowest BCUT2D eigenvalue weighted by Crippen LogP contribution is -2.45. The van der Waals surface area contributed by atoms with Crippen molar-refractivity contribution in [2.75, 3.05) is 6.61 Å². The SMILES string of the molecule is CCCCCCCCCC/C=C\CCCCCCCCCCCCCCCCCCCCCCCCCC(=O)NC(CO)C(O)/C=C/CC/C=C/CC/C=C/CCCCCCCCCCCCCCCCCCCCCCCC. The monoisotopic (exact) mass is 1110 g/mol. The van der Waals surface area contributed by atoms with E-state index in [1.807, 2.05) is 6.08 Å². The highest BCUT2D eigenvalue weighted by Gasteiger charge is 2.18. The van der Waals surface area contributed by atoms with Gasteiger partial charge in [0.15, 0.2) is 0 Å². The van der Waals surface area contributed by atoms with E-state index in [0.29, 0.717) is 6.42 Å². The number of rotatable bonds is 68. The number of carbonyl (C=O) groups excluding carboxylic acids is 1. The molecular formula is C75H143NO3. The topological polar surface area (TPSA) is 69.6 Å². The molecule has 0 bridgehead atoms. The Labute approximate surface area is 496 Å². The third-order valence-corrected chi connectivity index (χ3v) is 17.0. The van der Waals surface area contributed by atoms with Crippen LogP contribution in [-0.2, 0) is 4.79 Å². The number of allylic oxidation sites excluding steroid dienone is 7. The summed E-state index contributed by atoms with van der Waals surface area (Å²) in [4.78, 5) is 12.5. The summed E-state index contributed by atoms with van der Waals surface area (Å²) in [7, 11) is 0. The Morgan fingerprint density at radius 2 is 0.494 bits per heavy atom. The fourth-order valence-electron chi connectivity index (χ4n) is 11.5. The van der Waals surface area contributed by atoms with Crippen molar-refractivity contribution in [1.29, 1.82) is 0 Å². The highest BCUT2D eigenvalue weighted by Crippen LogP contribution is 2.19. The number of hydrogen-bond donors (Lipinski definition) is 3. The van der Waals surface area contributed by atoms with Crippen LogP contribution in [0.3, 0.4) is 0 Å². The molecule has 79 heavy (non-hydrogen) atoms. The zero-order valence-corrected chi connectivity index (χ0v) is 53.9. The molecule has 0 fully saturated rings. The summed E-state index contributed by atoms with van der Waals surface area (Å²) < 4.78 is 0. The van der Waals surface area contributed by atoms with Gasteiger partial charge in [0, 0.05) is 6.42 Å². The van der Waals surface area contributed by atoms with Crippen LogP contribution in [-0.4, -0.2) is 34.9 Å². The Balaban J connectivity index is 3.46. The molecule has 1 amide bonds. The molecule has 0 aliphatic carbocycles. The molecule has 0 spiro atoms. The average molecular weight is 1110 g/mol. The van der Waals surface area contributed by atoms with Crippen molar-refractivity contribution in [3.05, 3.63) is 48.6 Å². The number of aliphatic hydroxyl groups excluding tert-OH is 2. The number of nitrogens with one attached hydrogen (secondary N) is 1. The van der Waals surface area contributed by atoms with Gasteiger partial charge in [0.2, 0.25) is 5.91 Å². The van der Waals surface area contributed by atoms with Crippen LogP contribution in [0.1, 0.15) is 406 Å². The van der Waals surface area contributed by atoms with Crippen molar-refractivity contribution in [3.63, 3.8) is 0 Å². The summed E-state index contributed by atoms with van der Waals surface area (Å²) in [6, 6.07) is -0.647. The molecule has 0 saturated heterocycles. The molecule has 3 N–H and O–H groups in total. The first-order chi connectivity index (χ1) is 39.2. The van der Waals surface area contributed by atoms with Crippen LogP contribution < -0.4 is 5.32 Å². The normalized spacial score (nSPS) is 12.9. The minimum absolute atomic E-state index is 0.0702. The number of hydrogen-bond acceptors (Lipinski definition) is 3. The van der Waals surface area contributed by atoms with Crippen LogP contribution in [0.25, 0.3) is 0 Å². The molecule has 0 heterocycles. The van der Waals surface area contributed by atoms with Crippen molar-refractivity contribution in [2.24, 2.45) is 0 Å². The van der Waals surface area contributed by atoms with Crippen LogP contribution in [0.2, 0.25) is 0 Å². The lowest BCUT2D eigenvalue weighted by Gasteiger charge is -2.19. The second-order valence-electron chi connectivity index (χ2n) is 25.0. The van der Waals surface area contributed by atoms with E-state index in [0.717, 1.165) is 38.5 Å². The molecule has 0 aliphatic rings. The van der Waals surface area contributed by atoms with Crippen LogP contribution >= 0.6 is 0 Å². The number of amides is 1. The van der Waals surface area contributed by atoms with Crippen molar-refractivity contribution in [1.82, 2.24) is 5.32 Å². The van der Waals surface area contributed by atoms with Gasteiger partial charge in [-0.25, -0.2) is 0 Å². The van der Waals surface area contributed by atoms with Gasteiger partial charge >= 0.3 is 0 Å². The first-order valence-electron chi connectivity index (χ1n) is 36.4. The van der Waals surface area contributed by atoms with E-state index in [4.69, 9.17) is 0 Å². The van der Waals surface area contributed by atoms with Crippen molar-refractivity contribution >= 4 is 5.91 Å². The van der Waals surface area contributed by atoms with E-state index in [1.54, 1.807) is 6.08 Å². The number of aliphatic hydroxyl groups is 2. The first kappa shape index (κ1) is 77.3. The van der Waals surface area contributed by atoms with Crippen LogP contribution in [0.15, 0.2) is 48.6 Å². The van der Waals surface area contributed by atoms with Gasteiger partial charge in [-0.05, 0) is 70.6 Å². The van der Waals surface area contributed by atoms with E-state index in [-0.39, 0.29) is 12.5 Å². The zero-order chi connectivity index (χ0) is 56.9. The Morgan fingerprint density at radius 1 is 0.291 bits per heavy atom. The first-order valence-corrected chi connectivity index (χ1v) is 36.4. The van der Waals surface area contributed by atoms with Crippen LogP contribution in [0, 0.1) is 0 Å². The third-order valence-electron chi connectivity index (χ3n) is 17.0. The van der Waals surface area contributed by atoms with Gasteiger partial charge in [0.1, 0.15) is 0 Å². The molecule has 0 radical (unpaired) electrons. The number of unbranched alkanes of at least 4 members (excludes halogenated alkanes) is 55. The van der Waals surface area contributed by atoms with Crippen LogP contribution in [0.5, 0.6) is 0 Å². The van der Waals surface area contributed by atoms with E-state index in [9.17, 15) is 15.0 Å². The van der Waals surface area contributed by atoms with Gasteiger partial charge in [-0.2, -0.15) is 0 Å². The van der Waals surface area contributed by atoms with Gasteiger partial charge in [0.05, 0.1) is 18.8 Å². The standard InChI is InChI=1S/C75H143NO3/c1-3-5-7-9-11-13-15-17-19-21-23-25-27-29-31-33-35-37-38-39-41-43-45-47-49-51-53-55-57-59-61-63-65-67-69-71-75(79)76-73(72-77)74(78)70-68-66-64-62-60-58-56-54-52-50-48-46-44-42-40-36-34-32-30-28-26-24-22-20-18-16-14-12-10-8-6-4-2/h21,23,52,54,60,62,68,70,73-74,77-78H,3-20,22,24-51,53,55-59,61,63-67,69,71-72H2,1-2H3,(H,76,79)/b23-21-,54-52+,62-60+,70-68+. The van der Waals surface area contributed by atoms with Crippen molar-refractivity contribution < 1.29 is 15.0 Å². The molecule has 0 aromatic rings. The average Bonchev–Trinajstić information content (AvgIpc) is 3.45. The smallest absolute Gasteiger partial charge is 0.220 e. The van der Waals surface area contributed by atoms with E-state index < -0.39 is 12.1 Å². The molecule has 2 atom stereocenters. The molecule has 0 aliphatic heterocycles. The Kier molecular flexibility index (Phi) is 69.1. The molecule has 0 aromatic carbocycles. The molecule has 0 rings (SSSR count). The number of carbonyl (C=O) groups is 1. The molecule has 466 valence electrons. The highest BCUT2D eigenvalue weighted by molar-refractivity contribution is 5.76. The summed E-state index contributed by atoms with van der Waals surface area (Å²) in [5.41, 5.74) is 0. The summed E-state index contributed by atoms with van der Waals surface area (Å²) in [5.74, 6) is -0.0702. The molecule has 2 unspecified atom stereocenters. The predicted octanol–water partition coefficient (Wildman–Crippen LogP) is 24.9. The van der Waals surface area contributed by atoms with Gasteiger partial charge in [-0.3, -0.25) is 4.79 Å². The lowest BCUT2D eigenvalue weighted by molar-refractivity contribution is -0.123. The minimum atomic E-state index is -0.872. The Bertz CT molecular complexity index is 1250. The van der Waals surface area contributed by atoms with Crippen LogP contribution in [0.4, 0.5) is 0 Å². The fourth-order valence-corrected chi connectivity index (χ4v) is 11.5. The second kappa shape index (κ2) is 70.6. The van der Waals surface area contributed by atoms with Gasteiger partial charge in [0.25, 0.3) is 0 Å². The molecule has 0 aromatic heterocycles. The summed E-state index contributed by atoms with van der Waals surface area (Å²) in [6.07, 6.45) is 99.4. The van der Waals surface area contributed by atoms with Crippen molar-refractivity contribution in [2.45, 2.75) is 418 Å². The molecule has 0 saturated carbocycles. The van der Waals surface area contributed by atoms with Gasteiger partial charge in [-0.15, -0.1) is 0 Å². The maximum absolute atomic E-state index is 12.5. The Hall–Kier alpha value is -1.65. The lowest BCUT2D eigenvalue weighted by atomic mass is 10.0. The Morgan fingerprint density at radius 3 is 0.734 bits per heavy atom. The van der Waals surface area contributed by atoms with E-state index in [1.165, 1.54) is 347 Å². The fraction of sp³-hybridized carbons (Fsp3) is 0.880. The summed E-state index contributed by atoms with van der Waals surface area (Å²) >= 11 is 0. The largest absolute Gasteiger partial charge is 0.394 e. The summed E-state index contributed by atoms with van der Waals surface area (Å²) in [5, 5.41) is 23.3. The maximum Gasteiger partial charge on any atom is 0.220 e. The minimum Gasteiger partial charge on any atom is -0.394 e.